The third-order valence-electron chi connectivity index (χ3n) is 5.28. The van der Waals surface area contributed by atoms with Crippen LogP contribution in [0.4, 0.5) is 4.79 Å². The second kappa shape index (κ2) is 19.3. The van der Waals surface area contributed by atoms with Crippen LogP contribution in [0.25, 0.3) is 0 Å². The maximum absolute atomic E-state index is 12.2. The Labute approximate surface area is 207 Å². The number of nitrogens with one attached hydrogen (secondary N) is 1. The minimum Gasteiger partial charge on any atom is -0.444 e. The van der Waals surface area contributed by atoms with E-state index >= 15 is 0 Å². The van der Waals surface area contributed by atoms with Gasteiger partial charge in [0.05, 0.1) is 18.8 Å². The van der Waals surface area contributed by atoms with Gasteiger partial charge in [-0.2, -0.15) is 0 Å². The molecule has 0 aliphatic carbocycles. The Morgan fingerprint density at radius 1 is 0.941 bits per heavy atom. The lowest BCUT2D eigenvalue weighted by Crippen LogP contribution is -2.47. The first kappa shape index (κ1) is 33.1. The van der Waals surface area contributed by atoms with Crippen LogP contribution in [0.15, 0.2) is 12.2 Å². The van der Waals surface area contributed by atoms with Gasteiger partial charge in [0.1, 0.15) is 5.60 Å². The second-order valence-electron chi connectivity index (χ2n) is 9.60. The van der Waals surface area contributed by atoms with Crippen molar-refractivity contribution in [2.75, 3.05) is 20.8 Å². The monoisotopic (exact) mass is 507 g/mol. The summed E-state index contributed by atoms with van der Waals surface area (Å²) in [5.41, 5.74) is -0.695. The molecular weight excluding hydrogens is 457 g/mol. The Balaban J connectivity index is 4.39. The van der Waals surface area contributed by atoms with Gasteiger partial charge in [-0.05, 0) is 33.6 Å². The molecular formula is C25H50NO7P. The van der Waals surface area contributed by atoms with E-state index in [0.29, 0.717) is 0 Å². The third-order valence-corrected chi connectivity index (χ3v) is 6.64. The van der Waals surface area contributed by atoms with Gasteiger partial charge in [-0.3, -0.25) is 13.6 Å². The minimum atomic E-state index is -3.75. The first-order valence-electron chi connectivity index (χ1n) is 12.8. The van der Waals surface area contributed by atoms with Crippen LogP contribution in [0.5, 0.6) is 0 Å². The number of alkyl carbamates (subject to hydrolysis) is 1. The van der Waals surface area contributed by atoms with Gasteiger partial charge in [-0.25, -0.2) is 9.36 Å². The van der Waals surface area contributed by atoms with Gasteiger partial charge in [0.15, 0.2) is 0 Å². The molecule has 0 aromatic carbocycles. The molecule has 0 fully saturated rings. The van der Waals surface area contributed by atoms with E-state index in [9.17, 15) is 14.5 Å². The Bertz CT molecular complexity index is 584. The summed E-state index contributed by atoms with van der Waals surface area (Å²) >= 11 is 0. The van der Waals surface area contributed by atoms with Crippen molar-refractivity contribution in [1.82, 2.24) is 5.32 Å². The lowest BCUT2D eigenvalue weighted by Gasteiger charge is -2.26. The van der Waals surface area contributed by atoms with Crippen LogP contribution in [0.3, 0.4) is 0 Å². The van der Waals surface area contributed by atoms with Crippen molar-refractivity contribution in [3.63, 3.8) is 0 Å². The highest BCUT2D eigenvalue weighted by atomic mass is 31.2. The normalized spacial score (nSPS) is 14.3. The van der Waals surface area contributed by atoms with Gasteiger partial charge < -0.3 is 15.2 Å². The van der Waals surface area contributed by atoms with Gasteiger partial charge in [0, 0.05) is 14.2 Å². The van der Waals surface area contributed by atoms with E-state index in [1.54, 1.807) is 26.8 Å². The van der Waals surface area contributed by atoms with Crippen molar-refractivity contribution < 1.29 is 32.8 Å². The highest BCUT2D eigenvalue weighted by Crippen LogP contribution is 2.47. The number of aliphatic hydroxyl groups excluding tert-OH is 1. The molecule has 0 aliphatic heterocycles. The van der Waals surface area contributed by atoms with Crippen LogP contribution in [0.1, 0.15) is 105 Å². The molecule has 202 valence electrons. The predicted molar refractivity (Wildman–Crippen MR) is 137 cm³/mol. The lowest BCUT2D eigenvalue weighted by molar-refractivity contribution is 0.0389. The summed E-state index contributed by atoms with van der Waals surface area (Å²) in [4.78, 5) is 12.2. The summed E-state index contributed by atoms with van der Waals surface area (Å²) in [5.74, 6) is 0. The van der Waals surface area contributed by atoms with E-state index in [1.165, 1.54) is 72.0 Å². The number of aliphatic hydroxyl groups is 1. The highest BCUT2D eigenvalue weighted by molar-refractivity contribution is 7.48. The zero-order valence-electron chi connectivity index (χ0n) is 22.3. The molecule has 0 aromatic heterocycles. The molecule has 8 nitrogen and oxygen atoms in total. The number of hydrogen-bond donors (Lipinski definition) is 2. The van der Waals surface area contributed by atoms with E-state index in [4.69, 9.17) is 18.3 Å². The zero-order valence-corrected chi connectivity index (χ0v) is 23.2. The Morgan fingerprint density at radius 2 is 1.44 bits per heavy atom. The van der Waals surface area contributed by atoms with Crippen LogP contribution >= 0.6 is 7.82 Å². The number of carbonyl (C=O) groups excluding carboxylic acids is 1. The Morgan fingerprint density at radius 3 is 1.91 bits per heavy atom. The fraction of sp³-hybridized carbons (Fsp3) is 0.880. The topological polar surface area (TPSA) is 103 Å². The van der Waals surface area contributed by atoms with Crippen LogP contribution in [-0.2, 0) is 22.9 Å². The number of hydrogen-bond acceptors (Lipinski definition) is 7. The number of amides is 1. The number of unbranched alkanes of at least 4 members (excludes halogenated alkanes) is 11. The first-order chi connectivity index (χ1) is 16.1. The number of phosphoric ester groups is 1. The third kappa shape index (κ3) is 18.4. The van der Waals surface area contributed by atoms with Gasteiger partial charge in [0.2, 0.25) is 0 Å². The molecule has 9 heteroatoms. The van der Waals surface area contributed by atoms with Crippen molar-refractivity contribution in [3.05, 3.63) is 12.2 Å². The summed E-state index contributed by atoms with van der Waals surface area (Å²) in [7, 11) is -1.35. The zero-order chi connectivity index (χ0) is 25.9. The van der Waals surface area contributed by atoms with Gasteiger partial charge in [0.25, 0.3) is 0 Å². The molecule has 0 rings (SSSR count). The number of phosphoric acid groups is 1. The van der Waals surface area contributed by atoms with Gasteiger partial charge in [-0.15, -0.1) is 0 Å². The average molecular weight is 508 g/mol. The fourth-order valence-corrected chi connectivity index (χ4v) is 4.04. The summed E-state index contributed by atoms with van der Waals surface area (Å²) in [5, 5.41) is 13.1. The molecule has 34 heavy (non-hydrogen) atoms. The second-order valence-corrected chi connectivity index (χ2v) is 11.5. The molecule has 0 heterocycles. The number of carbonyl (C=O) groups is 1. The van der Waals surface area contributed by atoms with E-state index in [2.05, 4.69) is 12.2 Å². The molecule has 0 aliphatic rings. The molecule has 2 N–H and O–H groups in total. The predicted octanol–water partition coefficient (Wildman–Crippen LogP) is 6.92. The van der Waals surface area contributed by atoms with Gasteiger partial charge >= 0.3 is 13.9 Å². The van der Waals surface area contributed by atoms with Crippen molar-refractivity contribution in [1.29, 1.82) is 0 Å². The van der Waals surface area contributed by atoms with E-state index in [0.717, 1.165) is 19.3 Å². The Kier molecular flexibility index (Phi) is 18.8. The van der Waals surface area contributed by atoms with E-state index < -0.39 is 31.7 Å². The van der Waals surface area contributed by atoms with Gasteiger partial charge in [-0.1, -0.05) is 83.3 Å². The van der Waals surface area contributed by atoms with Crippen molar-refractivity contribution in [2.45, 2.75) is 122 Å². The number of rotatable bonds is 20. The van der Waals surface area contributed by atoms with Crippen LogP contribution in [0, 0.1) is 0 Å². The summed E-state index contributed by atoms with van der Waals surface area (Å²) in [6.07, 6.45) is 16.7. The molecule has 0 spiro atoms. The first-order valence-corrected chi connectivity index (χ1v) is 14.2. The van der Waals surface area contributed by atoms with Crippen molar-refractivity contribution in [2.24, 2.45) is 0 Å². The molecule has 0 aromatic rings. The molecule has 1 amide bonds. The van der Waals surface area contributed by atoms with E-state index in [1.807, 2.05) is 6.08 Å². The van der Waals surface area contributed by atoms with Crippen molar-refractivity contribution >= 4 is 13.9 Å². The maximum Gasteiger partial charge on any atom is 0.474 e. The maximum atomic E-state index is 12.2. The molecule has 2 unspecified atom stereocenters. The largest absolute Gasteiger partial charge is 0.474 e. The van der Waals surface area contributed by atoms with Crippen LogP contribution < -0.4 is 5.32 Å². The standard InChI is InChI=1S/C25H50NO7P/c1-7-8-9-10-11-12-13-14-15-16-17-18-19-20-23(27)22(21-32-34(29,30-5)31-6)26-24(28)33-25(2,3)4/h19-20,22-23,27H,7-18,21H2,1-6H3,(H,26,28). The minimum absolute atomic E-state index is 0.276. The number of allylic oxidation sites excluding steroid dienone is 1. The number of ether oxygens (including phenoxy) is 1. The molecule has 0 saturated heterocycles. The summed E-state index contributed by atoms with van der Waals surface area (Å²) in [6, 6.07) is -0.887. The molecule has 2 atom stereocenters. The summed E-state index contributed by atoms with van der Waals surface area (Å²) < 4.78 is 32.1. The SMILES string of the molecule is CCCCCCCCCCCCCC=CC(O)C(COP(=O)(OC)OC)NC(=O)OC(C)(C)C. The quantitative estimate of drug-likeness (QED) is 0.105. The van der Waals surface area contributed by atoms with E-state index in [-0.39, 0.29) is 6.61 Å². The van der Waals surface area contributed by atoms with Crippen LogP contribution in [-0.4, -0.2) is 49.8 Å². The highest BCUT2D eigenvalue weighted by Gasteiger charge is 2.29. The van der Waals surface area contributed by atoms with Crippen molar-refractivity contribution in [3.8, 4) is 0 Å². The Hall–Kier alpha value is -0.920. The summed E-state index contributed by atoms with van der Waals surface area (Å²) in [6.45, 7) is 7.19. The lowest BCUT2D eigenvalue weighted by atomic mass is 10.0. The van der Waals surface area contributed by atoms with Crippen LogP contribution in [0.2, 0.25) is 0 Å². The smallest absolute Gasteiger partial charge is 0.444 e. The molecule has 0 saturated carbocycles. The average Bonchev–Trinajstić information content (AvgIpc) is 2.78. The fourth-order valence-electron chi connectivity index (χ4n) is 3.33. The molecule has 0 bridgehead atoms. The molecule has 0 radical (unpaired) electrons.